The molecule has 1 aromatic rings. The first kappa shape index (κ1) is 14.9. The number of hydrogen-bond acceptors (Lipinski definition) is 4. The Balaban J connectivity index is 2.01. The topological polar surface area (TPSA) is 59.3 Å². The number of nitrogens with one attached hydrogen (secondary N) is 1. The molecule has 1 aliphatic rings. The van der Waals surface area contributed by atoms with E-state index in [-0.39, 0.29) is 12.2 Å². The molecule has 0 aromatic heterocycles. The van der Waals surface area contributed by atoms with E-state index in [1.807, 2.05) is 6.07 Å². The van der Waals surface area contributed by atoms with Gasteiger partial charge < -0.3 is 10.4 Å². The van der Waals surface area contributed by atoms with E-state index in [4.69, 9.17) is 10.4 Å². The number of benzene rings is 1. The number of halogens is 1. The van der Waals surface area contributed by atoms with Crippen LogP contribution in [0.4, 0.5) is 4.39 Å². The van der Waals surface area contributed by atoms with E-state index in [1.54, 1.807) is 12.1 Å². The van der Waals surface area contributed by atoms with Gasteiger partial charge in [-0.1, -0.05) is 6.07 Å². The molecule has 1 heterocycles. The van der Waals surface area contributed by atoms with Crippen LogP contribution < -0.4 is 5.32 Å². The summed E-state index contributed by atoms with van der Waals surface area (Å²) in [6, 6.07) is 6.93. The minimum absolute atomic E-state index is 0.0745. The second-order valence-electron chi connectivity index (χ2n) is 5.18. The SMILES string of the molecule is N#Cc1cc(CN(CCO)CC2CCCN2)ccc1F. The molecule has 0 radical (unpaired) electrons. The van der Waals surface area contributed by atoms with Crippen molar-refractivity contribution in [2.45, 2.75) is 25.4 Å². The number of aliphatic hydroxyl groups excluding tert-OH is 1. The summed E-state index contributed by atoms with van der Waals surface area (Å²) in [5.41, 5.74) is 0.972. The molecule has 20 heavy (non-hydrogen) atoms. The Bertz CT molecular complexity index is 480. The molecule has 0 amide bonds. The van der Waals surface area contributed by atoms with Gasteiger partial charge in [-0.2, -0.15) is 5.26 Å². The van der Waals surface area contributed by atoms with Crippen molar-refractivity contribution < 1.29 is 9.50 Å². The summed E-state index contributed by atoms with van der Waals surface area (Å²) in [5, 5.41) is 21.4. The zero-order chi connectivity index (χ0) is 14.4. The number of hydrogen-bond donors (Lipinski definition) is 2. The van der Waals surface area contributed by atoms with Gasteiger partial charge in [-0.05, 0) is 37.1 Å². The molecule has 1 unspecified atom stereocenters. The molecule has 0 aliphatic carbocycles. The van der Waals surface area contributed by atoms with Gasteiger partial charge in [-0.15, -0.1) is 0 Å². The Hall–Kier alpha value is -1.48. The highest BCUT2D eigenvalue weighted by Gasteiger charge is 2.18. The van der Waals surface area contributed by atoms with Gasteiger partial charge in [0.05, 0.1) is 12.2 Å². The van der Waals surface area contributed by atoms with Crippen molar-refractivity contribution in [2.24, 2.45) is 0 Å². The molecule has 2 rings (SSSR count). The minimum Gasteiger partial charge on any atom is -0.395 e. The Morgan fingerprint density at radius 1 is 1.50 bits per heavy atom. The Morgan fingerprint density at radius 3 is 3.00 bits per heavy atom. The van der Waals surface area contributed by atoms with Crippen molar-refractivity contribution >= 4 is 0 Å². The fourth-order valence-corrected chi connectivity index (χ4v) is 2.62. The van der Waals surface area contributed by atoms with Gasteiger partial charge in [0.15, 0.2) is 0 Å². The van der Waals surface area contributed by atoms with Crippen LogP contribution in [0.1, 0.15) is 24.0 Å². The smallest absolute Gasteiger partial charge is 0.140 e. The molecule has 0 spiro atoms. The zero-order valence-electron chi connectivity index (χ0n) is 11.5. The summed E-state index contributed by atoms with van der Waals surface area (Å²) >= 11 is 0. The maximum absolute atomic E-state index is 13.3. The molecule has 1 aliphatic heterocycles. The van der Waals surface area contributed by atoms with Crippen LogP contribution in [0.25, 0.3) is 0 Å². The molecule has 1 atom stereocenters. The molecule has 1 saturated heterocycles. The van der Waals surface area contributed by atoms with Crippen LogP contribution in [0.15, 0.2) is 18.2 Å². The van der Waals surface area contributed by atoms with Gasteiger partial charge in [-0.3, -0.25) is 4.90 Å². The van der Waals surface area contributed by atoms with E-state index in [2.05, 4.69) is 10.2 Å². The summed E-state index contributed by atoms with van der Waals surface area (Å²) in [6.45, 7) is 3.21. The molecule has 4 nitrogen and oxygen atoms in total. The van der Waals surface area contributed by atoms with E-state index in [1.165, 1.54) is 12.5 Å². The minimum atomic E-state index is -0.484. The number of rotatable bonds is 6. The standard InChI is InChI=1S/C15H20FN3O/c16-15-4-3-12(8-13(15)9-17)10-19(6-7-20)11-14-2-1-5-18-14/h3-4,8,14,18,20H,1-2,5-7,10-11H2. The van der Waals surface area contributed by atoms with Gasteiger partial charge >= 0.3 is 0 Å². The quantitative estimate of drug-likeness (QED) is 0.821. The lowest BCUT2D eigenvalue weighted by Crippen LogP contribution is -2.38. The van der Waals surface area contributed by atoms with Crippen molar-refractivity contribution in [3.63, 3.8) is 0 Å². The summed E-state index contributed by atoms with van der Waals surface area (Å²) in [4.78, 5) is 2.14. The first-order valence-corrected chi connectivity index (χ1v) is 6.98. The fourth-order valence-electron chi connectivity index (χ4n) is 2.62. The van der Waals surface area contributed by atoms with Gasteiger partial charge in [0.1, 0.15) is 11.9 Å². The number of aliphatic hydroxyl groups is 1. The second kappa shape index (κ2) is 7.34. The predicted octanol–water partition coefficient (Wildman–Crippen LogP) is 1.24. The maximum Gasteiger partial charge on any atom is 0.140 e. The van der Waals surface area contributed by atoms with Crippen molar-refractivity contribution in [2.75, 3.05) is 26.2 Å². The third-order valence-corrected chi connectivity index (χ3v) is 3.61. The third-order valence-electron chi connectivity index (χ3n) is 3.61. The van der Waals surface area contributed by atoms with E-state index >= 15 is 0 Å². The summed E-state index contributed by atoms with van der Waals surface area (Å²) < 4.78 is 13.3. The first-order chi connectivity index (χ1) is 9.72. The third kappa shape index (κ3) is 4.01. The van der Waals surface area contributed by atoms with Crippen LogP contribution in [-0.2, 0) is 6.54 Å². The summed E-state index contributed by atoms with van der Waals surface area (Å²) in [6.07, 6.45) is 2.33. The van der Waals surface area contributed by atoms with E-state index in [0.29, 0.717) is 19.1 Å². The summed E-state index contributed by atoms with van der Waals surface area (Å²) in [5.74, 6) is -0.484. The van der Waals surface area contributed by atoms with Crippen LogP contribution in [0.2, 0.25) is 0 Å². The number of nitrogens with zero attached hydrogens (tertiary/aromatic N) is 2. The number of nitriles is 1. The molecular weight excluding hydrogens is 257 g/mol. The van der Waals surface area contributed by atoms with Crippen molar-refractivity contribution in [3.8, 4) is 6.07 Å². The average molecular weight is 277 g/mol. The molecular formula is C15H20FN3O. The van der Waals surface area contributed by atoms with Crippen LogP contribution in [0.5, 0.6) is 0 Å². The van der Waals surface area contributed by atoms with Gasteiger partial charge in [0.25, 0.3) is 0 Å². The largest absolute Gasteiger partial charge is 0.395 e. The molecule has 0 saturated carbocycles. The lowest BCUT2D eigenvalue weighted by molar-refractivity contribution is 0.179. The zero-order valence-corrected chi connectivity index (χ0v) is 11.5. The van der Waals surface area contributed by atoms with Gasteiger partial charge in [0, 0.05) is 25.7 Å². The normalized spacial score (nSPS) is 18.4. The maximum atomic E-state index is 13.3. The molecule has 1 aromatic carbocycles. The lowest BCUT2D eigenvalue weighted by Gasteiger charge is -2.25. The second-order valence-corrected chi connectivity index (χ2v) is 5.18. The Morgan fingerprint density at radius 2 is 2.35 bits per heavy atom. The van der Waals surface area contributed by atoms with E-state index in [9.17, 15) is 4.39 Å². The van der Waals surface area contributed by atoms with Gasteiger partial charge in [0.2, 0.25) is 0 Å². The van der Waals surface area contributed by atoms with Crippen molar-refractivity contribution in [3.05, 3.63) is 35.1 Å². The average Bonchev–Trinajstić information content (AvgIpc) is 2.94. The molecule has 0 bridgehead atoms. The molecule has 5 heteroatoms. The highest BCUT2D eigenvalue weighted by Crippen LogP contribution is 2.13. The van der Waals surface area contributed by atoms with E-state index < -0.39 is 5.82 Å². The van der Waals surface area contributed by atoms with Crippen molar-refractivity contribution in [1.82, 2.24) is 10.2 Å². The molecule has 108 valence electrons. The Labute approximate surface area is 118 Å². The Kier molecular flexibility index (Phi) is 5.48. The molecule has 1 fully saturated rings. The van der Waals surface area contributed by atoms with Crippen LogP contribution in [0.3, 0.4) is 0 Å². The van der Waals surface area contributed by atoms with E-state index in [0.717, 1.165) is 25.1 Å². The fraction of sp³-hybridized carbons (Fsp3) is 0.533. The van der Waals surface area contributed by atoms with Crippen LogP contribution >= 0.6 is 0 Å². The lowest BCUT2D eigenvalue weighted by atomic mass is 10.1. The van der Waals surface area contributed by atoms with Crippen LogP contribution in [-0.4, -0.2) is 42.3 Å². The predicted molar refractivity (Wildman–Crippen MR) is 74.5 cm³/mol. The first-order valence-electron chi connectivity index (χ1n) is 6.98. The van der Waals surface area contributed by atoms with Crippen LogP contribution in [0, 0.1) is 17.1 Å². The molecule has 2 N–H and O–H groups in total. The monoisotopic (exact) mass is 277 g/mol. The summed E-state index contributed by atoms with van der Waals surface area (Å²) in [7, 11) is 0. The highest BCUT2D eigenvalue weighted by atomic mass is 19.1. The highest BCUT2D eigenvalue weighted by molar-refractivity contribution is 5.34. The van der Waals surface area contributed by atoms with Crippen molar-refractivity contribution in [1.29, 1.82) is 5.26 Å². The van der Waals surface area contributed by atoms with Gasteiger partial charge in [-0.25, -0.2) is 4.39 Å².